The first-order valence-electron chi connectivity index (χ1n) is 7.52. The first kappa shape index (κ1) is 15.1. The van der Waals surface area contributed by atoms with Crippen molar-refractivity contribution in [1.82, 2.24) is 19.4 Å². The minimum absolute atomic E-state index is 0.162. The number of aromatic nitrogens is 4. The van der Waals surface area contributed by atoms with Crippen molar-refractivity contribution >= 4 is 23.1 Å². The number of ether oxygens (including phenoxy) is 1. The summed E-state index contributed by atoms with van der Waals surface area (Å²) in [4.78, 5) is 12.9. The molecule has 3 heterocycles. The van der Waals surface area contributed by atoms with Crippen LogP contribution < -0.4 is 5.32 Å². The fraction of sp³-hybridized carbons (Fsp3) is 0.571. The number of carbonyl (C=O) groups is 1. The summed E-state index contributed by atoms with van der Waals surface area (Å²) in [5.74, 6) is -0.162. The molecule has 0 spiro atoms. The van der Waals surface area contributed by atoms with Crippen LogP contribution in [0.15, 0.2) is 12.4 Å². The Balaban J connectivity index is 1.66. The number of anilines is 1. The Bertz CT molecular complexity index is 633. The molecule has 0 aromatic carbocycles. The van der Waals surface area contributed by atoms with Gasteiger partial charge in [-0.25, -0.2) is 0 Å². The van der Waals surface area contributed by atoms with Gasteiger partial charge in [0.1, 0.15) is 4.88 Å². The highest BCUT2D eigenvalue weighted by Gasteiger charge is 2.19. The second-order valence-corrected chi connectivity index (χ2v) is 6.06. The molecule has 1 fully saturated rings. The summed E-state index contributed by atoms with van der Waals surface area (Å²) in [7, 11) is 0. The molecule has 1 amide bonds. The molecule has 1 aliphatic heterocycles. The highest BCUT2D eigenvalue weighted by molar-refractivity contribution is 7.08. The SMILES string of the molecule is CCCc1nnsc1C(=O)Nc1cnn(C2CCOCC2)c1. The number of hydrogen-bond acceptors (Lipinski definition) is 6. The molecule has 1 saturated heterocycles. The van der Waals surface area contributed by atoms with E-state index < -0.39 is 0 Å². The Morgan fingerprint density at radius 3 is 3.09 bits per heavy atom. The number of hydrogen-bond donors (Lipinski definition) is 1. The molecule has 2 aromatic heterocycles. The van der Waals surface area contributed by atoms with Gasteiger partial charge in [0.25, 0.3) is 5.91 Å². The smallest absolute Gasteiger partial charge is 0.269 e. The van der Waals surface area contributed by atoms with E-state index in [1.54, 1.807) is 6.20 Å². The van der Waals surface area contributed by atoms with Crippen molar-refractivity contribution in [2.24, 2.45) is 0 Å². The Morgan fingerprint density at radius 1 is 1.50 bits per heavy atom. The molecular formula is C14H19N5O2S. The molecular weight excluding hydrogens is 302 g/mol. The van der Waals surface area contributed by atoms with Gasteiger partial charge < -0.3 is 10.1 Å². The Morgan fingerprint density at radius 2 is 2.32 bits per heavy atom. The van der Waals surface area contributed by atoms with E-state index in [-0.39, 0.29) is 5.91 Å². The van der Waals surface area contributed by atoms with Crippen LogP contribution in [0.2, 0.25) is 0 Å². The third-order valence-electron chi connectivity index (χ3n) is 3.67. The molecule has 1 N–H and O–H groups in total. The first-order valence-corrected chi connectivity index (χ1v) is 8.29. The number of aryl methyl sites for hydroxylation is 1. The number of amides is 1. The minimum Gasteiger partial charge on any atom is -0.381 e. The van der Waals surface area contributed by atoms with Crippen molar-refractivity contribution in [1.29, 1.82) is 0 Å². The van der Waals surface area contributed by atoms with Gasteiger partial charge in [-0.2, -0.15) is 5.10 Å². The fourth-order valence-corrected chi connectivity index (χ4v) is 3.12. The van der Waals surface area contributed by atoms with Gasteiger partial charge in [0, 0.05) is 19.4 Å². The van der Waals surface area contributed by atoms with Crippen LogP contribution in [0.25, 0.3) is 0 Å². The molecule has 0 saturated carbocycles. The highest BCUT2D eigenvalue weighted by atomic mass is 32.1. The zero-order valence-corrected chi connectivity index (χ0v) is 13.3. The molecule has 8 heteroatoms. The molecule has 0 bridgehead atoms. The van der Waals surface area contributed by atoms with Crippen LogP contribution in [0.3, 0.4) is 0 Å². The summed E-state index contributed by atoms with van der Waals surface area (Å²) in [6, 6.07) is 0.347. The lowest BCUT2D eigenvalue weighted by Crippen LogP contribution is -2.19. The van der Waals surface area contributed by atoms with E-state index in [4.69, 9.17) is 4.74 Å². The number of nitrogens with zero attached hydrogens (tertiary/aromatic N) is 4. The summed E-state index contributed by atoms with van der Waals surface area (Å²) < 4.78 is 11.1. The van der Waals surface area contributed by atoms with Crippen molar-refractivity contribution in [2.45, 2.75) is 38.6 Å². The normalized spacial score (nSPS) is 15.9. The molecule has 22 heavy (non-hydrogen) atoms. The molecule has 0 aliphatic carbocycles. The van der Waals surface area contributed by atoms with E-state index in [0.717, 1.165) is 56.1 Å². The molecule has 0 atom stereocenters. The van der Waals surface area contributed by atoms with Crippen LogP contribution in [0, 0.1) is 0 Å². The Kier molecular flexibility index (Phi) is 4.79. The van der Waals surface area contributed by atoms with Crippen molar-refractivity contribution in [2.75, 3.05) is 18.5 Å². The lowest BCUT2D eigenvalue weighted by molar-refractivity contribution is 0.0662. The van der Waals surface area contributed by atoms with Gasteiger partial charge in [0.05, 0.1) is 23.6 Å². The highest BCUT2D eigenvalue weighted by Crippen LogP contribution is 2.22. The Hall–Kier alpha value is -1.80. The van der Waals surface area contributed by atoms with Crippen LogP contribution in [0.4, 0.5) is 5.69 Å². The molecule has 2 aromatic rings. The Labute approximate surface area is 132 Å². The average Bonchev–Trinajstić information content (AvgIpc) is 3.18. The van der Waals surface area contributed by atoms with Gasteiger partial charge in [0.15, 0.2) is 0 Å². The predicted octanol–water partition coefficient (Wildman–Crippen LogP) is 2.29. The second-order valence-electron chi connectivity index (χ2n) is 5.31. The lowest BCUT2D eigenvalue weighted by atomic mass is 10.1. The van der Waals surface area contributed by atoms with E-state index in [1.165, 1.54) is 0 Å². The van der Waals surface area contributed by atoms with Crippen LogP contribution in [-0.2, 0) is 11.2 Å². The average molecular weight is 321 g/mol. The van der Waals surface area contributed by atoms with Crippen molar-refractivity contribution in [3.8, 4) is 0 Å². The van der Waals surface area contributed by atoms with Crippen molar-refractivity contribution < 1.29 is 9.53 Å². The summed E-state index contributed by atoms with van der Waals surface area (Å²) in [5, 5.41) is 11.3. The molecule has 3 rings (SSSR count). The summed E-state index contributed by atoms with van der Waals surface area (Å²) in [6.45, 7) is 3.58. The molecule has 7 nitrogen and oxygen atoms in total. The van der Waals surface area contributed by atoms with Crippen molar-refractivity contribution in [3.63, 3.8) is 0 Å². The van der Waals surface area contributed by atoms with E-state index >= 15 is 0 Å². The third kappa shape index (κ3) is 3.33. The lowest BCUT2D eigenvalue weighted by Gasteiger charge is -2.22. The number of carbonyl (C=O) groups excluding carboxylic acids is 1. The van der Waals surface area contributed by atoms with E-state index in [0.29, 0.717) is 16.6 Å². The molecule has 1 aliphatic rings. The minimum atomic E-state index is -0.162. The van der Waals surface area contributed by atoms with Gasteiger partial charge in [-0.3, -0.25) is 9.48 Å². The van der Waals surface area contributed by atoms with Crippen LogP contribution in [-0.4, -0.2) is 38.5 Å². The van der Waals surface area contributed by atoms with Crippen molar-refractivity contribution in [3.05, 3.63) is 23.0 Å². The van der Waals surface area contributed by atoms with Gasteiger partial charge in [0.2, 0.25) is 0 Å². The molecule has 0 unspecified atom stereocenters. The summed E-state index contributed by atoms with van der Waals surface area (Å²) in [5.41, 5.74) is 1.47. The van der Waals surface area contributed by atoms with Gasteiger partial charge in [-0.05, 0) is 30.8 Å². The van der Waals surface area contributed by atoms with E-state index in [1.807, 2.05) is 10.9 Å². The summed E-state index contributed by atoms with van der Waals surface area (Å²) >= 11 is 1.13. The second kappa shape index (κ2) is 6.97. The van der Waals surface area contributed by atoms with Gasteiger partial charge in [-0.15, -0.1) is 5.10 Å². The maximum atomic E-state index is 12.3. The van der Waals surface area contributed by atoms with Crippen LogP contribution >= 0.6 is 11.5 Å². The van der Waals surface area contributed by atoms with E-state index in [9.17, 15) is 4.79 Å². The topological polar surface area (TPSA) is 81.9 Å². The largest absolute Gasteiger partial charge is 0.381 e. The third-order valence-corrected chi connectivity index (χ3v) is 4.44. The number of rotatable bonds is 5. The van der Waals surface area contributed by atoms with Gasteiger partial charge >= 0.3 is 0 Å². The predicted molar refractivity (Wildman–Crippen MR) is 83.2 cm³/mol. The maximum absolute atomic E-state index is 12.3. The van der Waals surface area contributed by atoms with Gasteiger partial charge in [-0.1, -0.05) is 17.8 Å². The number of nitrogens with one attached hydrogen (secondary N) is 1. The molecule has 0 radical (unpaired) electrons. The molecule has 118 valence electrons. The standard InChI is InChI=1S/C14H19N5O2S/c1-2-3-12-13(22-18-17-12)14(20)16-10-8-15-19(9-10)11-4-6-21-7-5-11/h8-9,11H,2-7H2,1H3,(H,16,20). The maximum Gasteiger partial charge on any atom is 0.269 e. The van der Waals surface area contributed by atoms with Crippen LogP contribution in [0.5, 0.6) is 0 Å². The first-order chi connectivity index (χ1) is 10.8. The monoisotopic (exact) mass is 321 g/mol. The fourth-order valence-electron chi connectivity index (χ4n) is 2.52. The zero-order valence-electron chi connectivity index (χ0n) is 12.5. The van der Waals surface area contributed by atoms with E-state index in [2.05, 4.69) is 26.9 Å². The van der Waals surface area contributed by atoms with Crippen LogP contribution in [0.1, 0.15) is 47.6 Å². The quantitative estimate of drug-likeness (QED) is 0.913. The summed E-state index contributed by atoms with van der Waals surface area (Å²) in [6.07, 6.45) is 7.17. The zero-order chi connectivity index (χ0) is 15.4.